The van der Waals surface area contributed by atoms with Gasteiger partial charge in [0.1, 0.15) is 11.0 Å². The highest BCUT2D eigenvalue weighted by atomic mass is 35.5. The Hall–Kier alpha value is -1.40. The van der Waals surface area contributed by atoms with Crippen LogP contribution in [0.5, 0.6) is 0 Å². The lowest BCUT2D eigenvalue weighted by Crippen LogP contribution is -2.11. The highest BCUT2D eigenvalue weighted by Gasteiger charge is 2.15. The number of anilines is 2. The molecule has 0 bridgehead atoms. The number of halogens is 2. The standard InChI is InChI=1S/C16H24Cl2N6/c1-9(2)5-7-19-13-11-12(22-15(17)23-13)14(24-16(18)21-11)20-8-6-10(3)4/h9-10H,5-8H2,1-4H3,(H,19,22,23)(H,20,21,24). The van der Waals surface area contributed by atoms with Crippen molar-refractivity contribution in [3.05, 3.63) is 10.6 Å². The van der Waals surface area contributed by atoms with Gasteiger partial charge in [0.15, 0.2) is 11.6 Å². The Morgan fingerprint density at radius 1 is 0.708 bits per heavy atom. The van der Waals surface area contributed by atoms with Crippen LogP contribution in [0.1, 0.15) is 40.5 Å². The van der Waals surface area contributed by atoms with Gasteiger partial charge in [0.2, 0.25) is 10.6 Å². The minimum absolute atomic E-state index is 0.160. The van der Waals surface area contributed by atoms with Gasteiger partial charge in [-0.1, -0.05) is 27.7 Å². The summed E-state index contributed by atoms with van der Waals surface area (Å²) in [4.78, 5) is 17.1. The Bertz CT molecular complexity index is 631. The molecule has 0 aromatic carbocycles. The normalized spacial score (nSPS) is 11.5. The van der Waals surface area contributed by atoms with Crippen molar-refractivity contribution in [1.29, 1.82) is 0 Å². The lowest BCUT2D eigenvalue weighted by atomic mass is 10.1. The van der Waals surface area contributed by atoms with Crippen LogP contribution in [0.15, 0.2) is 0 Å². The zero-order valence-corrected chi connectivity index (χ0v) is 16.0. The molecule has 0 amide bonds. The summed E-state index contributed by atoms with van der Waals surface area (Å²) in [6.45, 7) is 10.2. The molecule has 0 atom stereocenters. The lowest BCUT2D eigenvalue weighted by molar-refractivity contribution is 0.606. The van der Waals surface area contributed by atoms with Crippen LogP contribution in [0.25, 0.3) is 11.0 Å². The summed E-state index contributed by atoms with van der Waals surface area (Å²) in [5, 5.41) is 6.87. The molecule has 0 aliphatic carbocycles. The highest BCUT2D eigenvalue weighted by molar-refractivity contribution is 6.30. The van der Waals surface area contributed by atoms with E-state index in [0.29, 0.717) is 34.5 Å². The molecule has 2 rings (SSSR count). The minimum atomic E-state index is 0.160. The van der Waals surface area contributed by atoms with Crippen molar-refractivity contribution in [3.8, 4) is 0 Å². The summed E-state index contributed by atoms with van der Waals surface area (Å²) in [7, 11) is 0. The maximum Gasteiger partial charge on any atom is 0.225 e. The van der Waals surface area contributed by atoms with Gasteiger partial charge >= 0.3 is 0 Å². The first-order valence-electron chi connectivity index (χ1n) is 8.25. The maximum absolute atomic E-state index is 6.08. The topological polar surface area (TPSA) is 75.6 Å². The molecule has 8 heteroatoms. The zero-order chi connectivity index (χ0) is 17.7. The van der Waals surface area contributed by atoms with Crippen LogP contribution >= 0.6 is 23.2 Å². The Balaban J connectivity index is 2.33. The number of hydrogen-bond donors (Lipinski definition) is 2. The predicted octanol–water partition coefficient (Wildman–Crippen LogP) is 4.64. The van der Waals surface area contributed by atoms with Crippen LogP contribution in [0.2, 0.25) is 10.6 Å². The quantitative estimate of drug-likeness (QED) is 0.659. The van der Waals surface area contributed by atoms with Crippen LogP contribution in [-0.4, -0.2) is 33.0 Å². The van der Waals surface area contributed by atoms with E-state index in [2.05, 4.69) is 58.3 Å². The lowest BCUT2D eigenvalue weighted by Gasteiger charge is -2.13. The van der Waals surface area contributed by atoms with E-state index in [0.717, 1.165) is 25.9 Å². The summed E-state index contributed by atoms with van der Waals surface area (Å²) < 4.78 is 0. The number of hydrogen-bond acceptors (Lipinski definition) is 6. The summed E-state index contributed by atoms with van der Waals surface area (Å²) in [5.41, 5.74) is 1.16. The SMILES string of the molecule is CC(C)CCNc1nc(Cl)nc2c(NCCC(C)C)nc(Cl)nc12. The number of aromatic nitrogens is 4. The van der Waals surface area contributed by atoms with E-state index in [1.54, 1.807) is 0 Å². The Labute approximate surface area is 152 Å². The number of fused-ring (bicyclic) bond motifs is 1. The number of rotatable bonds is 8. The fourth-order valence-electron chi connectivity index (χ4n) is 2.17. The van der Waals surface area contributed by atoms with E-state index in [9.17, 15) is 0 Å². The van der Waals surface area contributed by atoms with E-state index in [4.69, 9.17) is 23.2 Å². The highest BCUT2D eigenvalue weighted by Crippen LogP contribution is 2.27. The molecule has 0 radical (unpaired) electrons. The molecule has 132 valence electrons. The molecular formula is C16H24Cl2N6. The zero-order valence-electron chi connectivity index (χ0n) is 14.5. The van der Waals surface area contributed by atoms with Crippen molar-refractivity contribution < 1.29 is 0 Å². The van der Waals surface area contributed by atoms with Crippen LogP contribution in [-0.2, 0) is 0 Å². The fourth-order valence-corrected chi connectivity index (χ4v) is 2.50. The van der Waals surface area contributed by atoms with Gasteiger partial charge in [0.25, 0.3) is 0 Å². The van der Waals surface area contributed by atoms with Gasteiger partial charge in [-0.2, -0.15) is 9.97 Å². The summed E-state index contributed by atoms with van der Waals surface area (Å²) in [6.07, 6.45) is 2.03. The van der Waals surface area contributed by atoms with Gasteiger partial charge in [-0.05, 0) is 47.9 Å². The van der Waals surface area contributed by atoms with Gasteiger partial charge < -0.3 is 10.6 Å². The van der Waals surface area contributed by atoms with Gasteiger partial charge in [0.05, 0.1) is 0 Å². The summed E-state index contributed by atoms with van der Waals surface area (Å²) >= 11 is 12.2. The van der Waals surface area contributed by atoms with Crippen molar-refractivity contribution in [3.63, 3.8) is 0 Å². The summed E-state index contributed by atoms with van der Waals surface area (Å²) in [6, 6.07) is 0. The average Bonchev–Trinajstić information content (AvgIpc) is 2.47. The first kappa shape index (κ1) is 18.9. The second kappa shape index (κ2) is 8.62. The second-order valence-electron chi connectivity index (χ2n) is 6.60. The molecule has 24 heavy (non-hydrogen) atoms. The minimum Gasteiger partial charge on any atom is -0.368 e. The molecule has 0 aliphatic rings. The Morgan fingerprint density at radius 3 is 1.42 bits per heavy atom. The third-order valence-corrected chi connectivity index (χ3v) is 3.86. The van der Waals surface area contributed by atoms with Crippen LogP contribution < -0.4 is 10.6 Å². The van der Waals surface area contributed by atoms with Crippen LogP contribution in [0.4, 0.5) is 11.6 Å². The van der Waals surface area contributed by atoms with E-state index < -0.39 is 0 Å². The molecule has 2 aromatic rings. The Morgan fingerprint density at radius 2 is 1.08 bits per heavy atom. The molecule has 0 saturated heterocycles. The first-order chi connectivity index (χ1) is 11.4. The average molecular weight is 371 g/mol. The molecule has 6 nitrogen and oxygen atoms in total. The third kappa shape index (κ3) is 5.31. The maximum atomic E-state index is 6.08. The van der Waals surface area contributed by atoms with Crippen molar-refractivity contribution in [2.24, 2.45) is 11.8 Å². The Kier molecular flexibility index (Phi) is 6.80. The largest absolute Gasteiger partial charge is 0.368 e. The van der Waals surface area contributed by atoms with Gasteiger partial charge in [0, 0.05) is 13.1 Å². The monoisotopic (exact) mass is 370 g/mol. The molecule has 0 saturated carbocycles. The molecule has 2 aromatic heterocycles. The predicted molar refractivity (Wildman–Crippen MR) is 101 cm³/mol. The van der Waals surface area contributed by atoms with Crippen LogP contribution in [0, 0.1) is 11.8 Å². The van der Waals surface area contributed by atoms with Crippen molar-refractivity contribution in [2.75, 3.05) is 23.7 Å². The molecule has 0 aliphatic heterocycles. The van der Waals surface area contributed by atoms with E-state index in [-0.39, 0.29) is 10.6 Å². The van der Waals surface area contributed by atoms with Gasteiger partial charge in [-0.15, -0.1) is 0 Å². The molecule has 2 N–H and O–H groups in total. The van der Waals surface area contributed by atoms with E-state index in [1.165, 1.54) is 0 Å². The second-order valence-corrected chi connectivity index (χ2v) is 7.27. The molecular weight excluding hydrogens is 347 g/mol. The van der Waals surface area contributed by atoms with E-state index in [1.807, 2.05) is 0 Å². The van der Waals surface area contributed by atoms with Crippen LogP contribution in [0.3, 0.4) is 0 Å². The molecule has 0 fully saturated rings. The molecule has 0 unspecified atom stereocenters. The van der Waals surface area contributed by atoms with Crippen molar-refractivity contribution in [2.45, 2.75) is 40.5 Å². The van der Waals surface area contributed by atoms with E-state index >= 15 is 0 Å². The van der Waals surface area contributed by atoms with Crippen molar-refractivity contribution >= 4 is 45.9 Å². The third-order valence-electron chi connectivity index (χ3n) is 3.52. The summed E-state index contributed by atoms with van der Waals surface area (Å²) in [5.74, 6) is 2.35. The van der Waals surface area contributed by atoms with Gasteiger partial charge in [-0.25, -0.2) is 9.97 Å². The van der Waals surface area contributed by atoms with Crippen molar-refractivity contribution in [1.82, 2.24) is 19.9 Å². The van der Waals surface area contributed by atoms with Gasteiger partial charge in [-0.3, -0.25) is 0 Å². The first-order valence-corrected chi connectivity index (χ1v) is 9.01. The number of nitrogens with zero attached hydrogens (tertiary/aromatic N) is 4. The smallest absolute Gasteiger partial charge is 0.225 e. The molecule has 2 heterocycles. The molecule has 0 spiro atoms. The fraction of sp³-hybridized carbons (Fsp3) is 0.625. The number of nitrogens with one attached hydrogen (secondary N) is 2.